The summed E-state index contributed by atoms with van der Waals surface area (Å²) in [6.45, 7) is 0.346. The second-order valence-corrected chi connectivity index (χ2v) is 4.56. The topological polar surface area (TPSA) is 59.1 Å². The summed E-state index contributed by atoms with van der Waals surface area (Å²) in [5, 5.41) is 11.1. The molecule has 0 radical (unpaired) electrons. The monoisotopic (exact) mass is 204 g/mol. The van der Waals surface area contributed by atoms with Crippen molar-refractivity contribution < 1.29 is 5.11 Å². The van der Waals surface area contributed by atoms with Crippen LogP contribution in [0.1, 0.15) is 6.42 Å². The van der Waals surface area contributed by atoms with E-state index in [1.807, 2.05) is 5.38 Å². The Morgan fingerprint density at radius 1 is 1.75 bits per heavy atom. The Hall–Kier alpha value is -0.100. The highest BCUT2D eigenvalue weighted by atomic mass is 32.2. The van der Waals surface area contributed by atoms with E-state index in [0.29, 0.717) is 6.54 Å². The molecule has 68 valence electrons. The number of aromatic nitrogens is 1. The maximum Gasteiger partial charge on any atom is 0.149 e. The van der Waals surface area contributed by atoms with Gasteiger partial charge in [-0.05, 0) is 6.42 Å². The summed E-state index contributed by atoms with van der Waals surface area (Å²) in [7, 11) is 0. The first-order chi connectivity index (χ1) is 5.83. The molecule has 0 aliphatic heterocycles. The van der Waals surface area contributed by atoms with Gasteiger partial charge in [-0.15, -0.1) is 11.3 Å². The normalized spacial score (nSPS) is 13.2. The largest absolute Gasteiger partial charge is 0.392 e. The zero-order chi connectivity index (χ0) is 8.81. The quantitative estimate of drug-likeness (QED) is 0.701. The van der Waals surface area contributed by atoms with Crippen molar-refractivity contribution in [2.45, 2.75) is 16.9 Å². The van der Waals surface area contributed by atoms with Crippen LogP contribution in [-0.2, 0) is 0 Å². The summed E-state index contributed by atoms with van der Waals surface area (Å²) in [5.74, 6) is 0.881. The van der Waals surface area contributed by atoms with Crippen molar-refractivity contribution in [3.63, 3.8) is 0 Å². The fourth-order valence-corrected chi connectivity index (χ4v) is 2.43. The Balaban J connectivity index is 2.11. The number of aliphatic hydroxyl groups excluding tert-OH is 1. The first-order valence-electron chi connectivity index (χ1n) is 3.73. The minimum absolute atomic E-state index is 0.346. The number of hydrogen-bond donors (Lipinski definition) is 2. The number of rotatable bonds is 5. The average molecular weight is 204 g/mol. The highest BCUT2D eigenvalue weighted by molar-refractivity contribution is 8.00. The van der Waals surface area contributed by atoms with Gasteiger partial charge < -0.3 is 10.8 Å². The standard InChI is InChI=1S/C7H12N2OS2/c8-5-6(10)1-3-11-7-9-2-4-12-7/h2,4,6,10H,1,3,5,8H2. The van der Waals surface area contributed by atoms with E-state index in [1.54, 1.807) is 29.3 Å². The van der Waals surface area contributed by atoms with E-state index >= 15 is 0 Å². The molecule has 0 amide bonds. The van der Waals surface area contributed by atoms with E-state index in [0.717, 1.165) is 16.5 Å². The molecule has 5 heteroatoms. The van der Waals surface area contributed by atoms with Gasteiger partial charge in [0.2, 0.25) is 0 Å². The summed E-state index contributed by atoms with van der Waals surface area (Å²) < 4.78 is 1.05. The van der Waals surface area contributed by atoms with Crippen molar-refractivity contribution in [3.05, 3.63) is 11.6 Å². The van der Waals surface area contributed by atoms with Gasteiger partial charge in [0.05, 0.1) is 6.10 Å². The molecule has 0 aliphatic rings. The van der Waals surface area contributed by atoms with Gasteiger partial charge >= 0.3 is 0 Å². The SMILES string of the molecule is NCC(O)CCSc1nccs1. The number of aliphatic hydroxyl groups is 1. The van der Waals surface area contributed by atoms with Crippen LogP contribution in [-0.4, -0.2) is 28.5 Å². The number of nitrogens with two attached hydrogens (primary N) is 1. The van der Waals surface area contributed by atoms with Crippen LogP contribution in [0.15, 0.2) is 15.9 Å². The zero-order valence-corrected chi connectivity index (χ0v) is 8.27. The molecule has 3 nitrogen and oxygen atoms in total. The Labute approximate surface area is 80.0 Å². The molecule has 0 saturated carbocycles. The third-order valence-electron chi connectivity index (χ3n) is 1.36. The number of thioether (sulfide) groups is 1. The lowest BCUT2D eigenvalue weighted by Gasteiger charge is -2.04. The van der Waals surface area contributed by atoms with Gasteiger partial charge in [0.15, 0.2) is 0 Å². The number of thiazole rings is 1. The van der Waals surface area contributed by atoms with Crippen molar-refractivity contribution >= 4 is 23.1 Å². The van der Waals surface area contributed by atoms with Crippen molar-refractivity contribution in [3.8, 4) is 0 Å². The Morgan fingerprint density at radius 2 is 2.58 bits per heavy atom. The van der Waals surface area contributed by atoms with E-state index in [-0.39, 0.29) is 6.10 Å². The smallest absolute Gasteiger partial charge is 0.149 e. The van der Waals surface area contributed by atoms with Crippen molar-refractivity contribution in [1.29, 1.82) is 0 Å². The van der Waals surface area contributed by atoms with Crippen LogP contribution in [0.5, 0.6) is 0 Å². The predicted molar refractivity (Wildman–Crippen MR) is 52.5 cm³/mol. The Morgan fingerprint density at radius 3 is 3.17 bits per heavy atom. The van der Waals surface area contributed by atoms with Crippen molar-refractivity contribution in [2.75, 3.05) is 12.3 Å². The van der Waals surface area contributed by atoms with Gasteiger partial charge in [0.25, 0.3) is 0 Å². The van der Waals surface area contributed by atoms with Gasteiger partial charge in [0, 0.05) is 23.9 Å². The molecule has 1 aromatic rings. The van der Waals surface area contributed by atoms with Gasteiger partial charge in [0.1, 0.15) is 4.34 Å². The lowest BCUT2D eigenvalue weighted by molar-refractivity contribution is 0.180. The molecular formula is C7H12N2OS2. The maximum atomic E-state index is 9.13. The number of hydrogen-bond acceptors (Lipinski definition) is 5. The summed E-state index contributed by atoms with van der Waals surface area (Å²) in [6, 6.07) is 0. The molecule has 0 fully saturated rings. The van der Waals surface area contributed by atoms with Gasteiger partial charge in [-0.1, -0.05) is 11.8 Å². The third kappa shape index (κ3) is 3.53. The summed E-state index contributed by atoms with van der Waals surface area (Å²) >= 11 is 3.28. The molecule has 1 heterocycles. The van der Waals surface area contributed by atoms with Gasteiger partial charge in [-0.2, -0.15) is 0 Å². The average Bonchev–Trinajstić information content (AvgIpc) is 2.57. The van der Waals surface area contributed by atoms with E-state index in [4.69, 9.17) is 10.8 Å². The highest BCUT2D eigenvalue weighted by Gasteiger charge is 2.01. The fourth-order valence-electron chi connectivity index (χ4n) is 0.682. The second kappa shape index (κ2) is 5.53. The molecule has 3 N–H and O–H groups in total. The van der Waals surface area contributed by atoms with Gasteiger partial charge in [-0.3, -0.25) is 0 Å². The van der Waals surface area contributed by atoms with Crippen LogP contribution in [0.2, 0.25) is 0 Å². The Kier molecular flexibility index (Phi) is 4.60. The highest BCUT2D eigenvalue weighted by Crippen LogP contribution is 2.20. The van der Waals surface area contributed by atoms with Gasteiger partial charge in [-0.25, -0.2) is 4.98 Å². The lowest BCUT2D eigenvalue weighted by atomic mass is 10.3. The van der Waals surface area contributed by atoms with Crippen molar-refractivity contribution in [2.24, 2.45) is 5.73 Å². The van der Waals surface area contributed by atoms with Crippen molar-refractivity contribution in [1.82, 2.24) is 4.98 Å². The molecule has 1 rings (SSSR count). The molecular weight excluding hydrogens is 192 g/mol. The van der Waals surface area contributed by atoms with Crippen LogP contribution in [0.4, 0.5) is 0 Å². The molecule has 1 aromatic heterocycles. The molecule has 0 aliphatic carbocycles. The summed E-state index contributed by atoms with van der Waals surface area (Å²) in [4.78, 5) is 4.11. The summed E-state index contributed by atoms with van der Waals surface area (Å²) in [6.07, 6.45) is 2.16. The summed E-state index contributed by atoms with van der Waals surface area (Å²) in [5.41, 5.74) is 5.26. The molecule has 0 bridgehead atoms. The fraction of sp³-hybridized carbons (Fsp3) is 0.571. The molecule has 0 aromatic carbocycles. The van der Waals surface area contributed by atoms with Crippen LogP contribution in [0.3, 0.4) is 0 Å². The third-order valence-corrected chi connectivity index (χ3v) is 3.36. The van der Waals surface area contributed by atoms with E-state index in [1.165, 1.54) is 0 Å². The first-order valence-corrected chi connectivity index (χ1v) is 5.60. The molecule has 12 heavy (non-hydrogen) atoms. The molecule has 0 spiro atoms. The maximum absolute atomic E-state index is 9.13. The van der Waals surface area contributed by atoms with E-state index in [2.05, 4.69) is 4.98 Å². The first kappa shape index (κ1) is 9.98. The second-order valence-electron chi connectivity index (χ2n) is 2.32. The van der Waals surface area contributed by atoms with Crippen LogP contribution >= 0.6 is 23.1 Å². The van der Waals surface area contributed by atoms with E-state index < -0.39 is 0 Å². The zero-order valence-electron chi connectivity index (χ0n) is 6.64. The van der Waals surface area contributed by atoms with Crippen LogP contribution < -0.4 is 5.73 Å². The molecule has 1 unspecified atom stereocenters. The minimum Gasteiger partial charge on any atom is -0.392 e. The van der Waals surface area contributed by atoms with Crippen LogP contribution in [0.25, 0.3) is 0 Å². The lowest BCUT2D eigenvalue weighted by Crippen LogP contribution is -2.19. The molecule has 1 atom stereocenters. The minimum atomic E-state index is -0.363. The van der Waals surface area contributed by atoms with Crippen LogP contribution in [0, 0.1) is 0 Å². The predicted octanol–water partition coefficient (Wildman–Crippen LogP) is 0.945. The van der Waals surface area contributed by atoms with E-state index in [9.17, 15) is 0 Å². The molecule has 0 saturated heterocycles. The Bertz CT molecular complexity index is 203. The number of nitrogens with zero attached hydrogens (tertiary/aromatic N) is 1.